The molecule has 0 atom stereocenters. The van der Waals surface area contributed by atoms with Gasteiger partial charge in [0.25, 0.3) is 0 Å². The third-order valence-electron chi connectivity index (χ3n) is 2.77. The van der Waals surface area contributed by atoms with Crippen LogP contribution in [0.2, 0.25) is 10.0 Å². The Bertz CT molecular complexity index is 373. The standard InChI is InChI=1S/C12H16Cl2N2S.2ClH/c13-10-1-2-11(14)12(9-10)17-8-7-16-5-3-15-4-6-16;;/h1-2,9,15H,3-8H2;2*1H. The van der Waals surface area contributed by atoms with Crippen molar-refractivity contribution < 1.29 is 0 Å². The van der Waals surface area contributed by atoms with Crippen molar-refractivity contribution in [3.8, 4) is 0 Å². The molecule has 1 aliphatic rings. The van der Waals surface area contributed by atoms with Gasteiger partial charge >= 0.3 is 0 Å². The molecule has 2 nitrogen and oxygen atoms in total. The topological polar surface area (TPSA) is 15.3 Å². The lowest BCUT2D eigenvalue weighted by Crippen LogP contribution is -2.44. The third kappa shape index (κ3) is 6.76. The summed E-state index contributed by atoms with van der Waals surface area (Å²) in [6.07, 6.45) is 0. The number of halogens is 4. The lowest BCUT2D eigenvalue weighted by Gasteiger charge is -2.26. The van der Waals surface area contributed by atoms with Crippen LogP contribution >= 0.6 is 59.8 Å². The largest absolute Gasteiger partial charge is 0.314 e. The van der Waals surface area contributed by atoms with Crippen molar-refractivity contribution in [3.05, 3.63) is 28.2 Å². The molecule has 19 heavy (non-hydrogen) atoms. The predicted molar refractivity (Wildman–Crippen MR) is 91.0 cm³/mol. The summed E-state index contributed by atoms with van der Waals surface area (Å²) in [6.45, 7) is 5.59. The van der Waals surface area contributed by atoms with E-state index in [0.29, 0.717) is 0 Å². The number of benzene rings is 1. The van der Waals surface area contributed by atoms with E-state index in [9.17, 15) is 0 Å². The van der Waals surface area contributed by atoms with E-state index >= 15 is 0 Å². The summed E-state index contributed by atoms with van der Waals surface area (Å²) in [5.74, 6) is 1.06. The molecule has 1 fully saturated rings. The van der Waals surface area contributed by atoms with E-state index in [1.807, 2.05) is 18.2 Å². The van der Waals surface area contributed by atoms with Crippen molar-refractivity contribution >= 4 is 59.8 Å². The van der Waals surface area contributed by atoms with Crippen LogP contribution in [0.3, 0.4) is 0 Å². The molecule has 1 heterocycles. The monoisotopic (exact) mass is 362 g/mol. The molecule has 0 bridgehead atoms. The molecule has 0 saturated carbocycles. The van der Waals surface area contributed by atoms with Crippen LogP contribution in [0.25, 0.3) is 0 Å². The molecule has 7 heteroatoms. The summed E-state index contributed by atoms with van der Waals surface area (Å²) in [5.41, 5.74) is 0. The highest BCUT2D eigenvalue weighted by molar-refractivity contribution is 7.99. The average molecular weight is 364 g/mol. The highest BCUT2D eigenvalue weighted by atomic mass is 35.5. The van der Waals surface area contributed by atoms with Gasteiger partial charge in [0, 0.05) is 48.4 Å². The van der Waals surface area contributed by atoms with E-state index in [-0.39, 0.29) is 24.8 Å². The Morgan fingerprint density at radius 2 is 1.84 bits per heavy atom. The summed E-state index contributed by atoms with van der Waals surface area (Å²) in [7, 11) is 0. The summed E-state index contributed by atoms with van der Waals surface area (Å²) in [5, 5.41) is 4.89. The van der Waals surface area contributed by atoms with Crippen LogP contribution in [0.1, 0.15) is 0 Å². The Morgan fingerprint density at radius 1 is 1.16 bits per heavy atom. The Labute approximate surface area is 141 Å². The Kier molecular flexibility index (Phi) is 10.7. The van der Waals surface area contributed by atoms with Crippen molar-refractivity contribution in [1.82, 2.24) is 10.2 Å². The van der Waals surface area contributed by atoms with E-state index < -0.39 is 0 Å². The summed E-state index contributed by atoms with van der Waals surface area (Å²) >= 11 is 13.8. The van der Waals surface area contributed by atoms with Crippen molar-refractivity contribution in [2.45, 2.75) is 4.90 Å². The second kappa shape index (κ2) is 10.4. The molecule has 0 radical (unpaired) electrons. The Balaban J connectivity index is 0.00000162. The van der Waals surface area contributed by atoms with Gasteiger partial charge in [-0.1, -0.05) is 23.2 Å². The fraction of sp³-hybridized carbons (Fsp3) is 0.500. The molecule has 2 rings (SSSR count). The zero-order valence-electron chi connectivity index (χ0n) is 10.4. The number of thioether (sulfide) groups is 1. The Hall–Kier alpha value is 0.650. The van der Waals surface area contributed by atoms with Gasteiger partial charge in [-0.3, -0.25) is 4.90 Å². The van der Waals surface area contributed by atoms with Crippen LogP contribution in [-0.4, -0.2) is 43.4 Å². The predicted octanol–water partition coefficient (Wildman–Crippen LogP) is 3.83. The van der Waals surface area contributed by atoms with Gasteiger partial charge in [-0.15, -0.1) is 36.6 Å². The van der Waals surface area contributed by atoms with Crippen LogP contribution in [0.5, 0.6) is 0 Å². The molecule has 1 aromatic carbocycles. The minimum absolute atomic E-state index is 0. The fourth-order valence-electron chi connectivity index (χ4n) is 1.81. The first-order chi connectivity index (χ1) is 8.25. The molecule has 1 saturated heterocycles. The Morgan fingerprint density at radius 3 is 2.53 bits per heavy atom. The van der Waals surface area contributed by atoms with Crippen molar-refractivity contribution in [1.29, 1.82) is 0 Å². The number of rotatable bonds is 4. The molecular formula is C12H18Cl4N2S. The zero-order valence-corrected chi connectivity index (χ0v) is 14.4. The first-order valence-corrected chi connectivity index (χ1v) is 7.51. The molecule has 0 amide bonds. The number of hydrogen-bond donors (Lipinski definition) is 1. The van der Waals surface area contributed by atoms with E-state index in [2.05, 4.69) is 10.2 Å². The molecule has 110 valence electrons. The molecule has 1 aliphatic heterocycles. The number of nitrogens with one attached hydrogen (secondary N) is 1. The summed E-state index contributed by atoms with van der Waals surface area (Å²) in [6, 6.07) is 5.62. The molecular weight excluding hydrogens is 346 g/mol. The molecule has 1 N–H and O–H groups in total. The van der Waals surface area contributed by atoms with E-state index in [0.717, 1.165) is 53.4 Å². The summed E-state index contributed by atoms with van der Waals surface area (Å²) < 4.78 is 0. The van der Waals surface area contributed by atoms with Crippen LogP contribution in [0, 0.1) is 0 Å². The second-order valence-electron chi connectivity index (χ2n) is 4.01. The quantitative estimate of drug-likeness (QED) is 0.818. The zero-order chi connectivity index (χ0) is 12.1. The van der Waals surface area contributed by atoms with E-state index in [1.54, 1.807) is 11.8 Å². The molecule has 0 spiro atoms. The molecule has 0 aliphatic carbocycles. The van der Waals surface area contributed by atoms with Gasteiger partial charge in [0.1, 0.15) is 0 Å². The maximum Gasteiger partial charge on any atom is 0.0542 e. The van der Waals surface area contributed by atoms with Crippen molar-refractivity contribution in [2.75, 3.05) is 38.5 Å². The van der Waals surface area contributed by atoms with Crippen LogP contribution in [-0.2, 0) is 0 Å². The number of nitrogens with zero attached hydrogens (tertiary/aromatic N) is 1. The van der Waals surface area contributed by atoms with Gasteiger partial charge in [0.2, 0.25) is 0 Å². The summed E-state index contributed by atoms with van der Waals surface area (Å²) in [4.78, 5) is 3.55. The highest BCUT2D eigenvalue weighted by Gasteiger charge is 2.09. The molecule has 1 aromatic rings. The van der Waals surface area contributed by atoms with Crippen LogP contribution < -0.4 is 5.32 Å². The normalized spacial score (nSPS) is 15.5. The van der Waals surface area contributed by atoms with E-state index in [1.165, 1.54) is 0 Å². The van der Waals surface area contributed by atoms with Gasteiger partial charge in [0.05, 0.1) is 5.02 Å². The number of piperazine rings is 1. The first kappa shape index (κ1) is 19.7. The minimum atomic E-state index is 0. The van der Waals surface area contributed by atoms with Gasteiger partial charge in [0.15, 0.2) is 0 Å². The number of hydrogen-bond acceptors (Lipinski definition) is 3. The first-order valence-electron chi connectivity index (χ1n) is 5.76. The second-order valence-corrected chi connectivity index (χ2v) is 6.00. The lowest BCUT2D eigenvalue weighted by molar-refractivity contribution is 0.255. The molecule has 0 unspecified atom stereocenters. The maximum atomic E-state index is 6.11. The van der Waals surface area contributed by atoms with Crippen LogP contribution in [0.4, 0.5) is 0 Å². The SMILES string of the molecule is Cl.Cl.Clc1ccc(Cl)c(SCCN2CCNCC2)c1. The van der Waals surface area contributed by atoms with E-state index in [4.69, 9.17) is 23.2 Å². The fourth-order valence-corrected chi connectivity index (χ4v) is 3.31. The van der Waals surface area contributed by atoms with Gasteiger partial charge < -0.3 is 5.32 Å². The van der Waals surface area contributed by atoms with Gasteiger partial charge in [-0.25, -0.2) is 0 Å². The van der Waals surface area contributed by atoms with Gasteiger partial charge in [-0.05, 0) is 18.2 Å². The van der Waals surface area contributed by atoms with Crippen molar-refractivity contribution in [3.63, 3.8) is 0 Å². The van der Waals surface area contributed by atoms with Gasteiger partial charge in [-0.2, -0.15) is 0 Å². The third-order valence-corrected chi connectivity index (χ3v) is 4.48. The van der Waals surface area contributed by atoms with Crippen LogP contribution in [0.15, 0.2) is 23.1 Å². The average Bonchev–Trinajstić information content (AvgIpc) is 2.35. The maximum absolute atomic E-state index is 6.11. The minimum Gasteiger partial charge on any atom is -0.314 e. The van der Waals surface area contributed by atoms with Crippen molar-refractivity contribution in [2.24, 2.45) is 0 Å². The smallest absolute Gasteiger partial charge is 0.0542 e. The highest BCUT2D eigenvalue weighted by Crippen LogP contribution is 2.29. The lowest BCUT2D eigenvalue weighted by atomic mass is 10.4. The molecule has 0 aromatic heterocycles.